The van der Waals surface area contributed by atoms with Crippen LogP contribution in [0, 0.1) is 11.2 Å². The number of halogens is 1. The molecule has 246 valence electrons. The van der Waals surface area contributed by atoms with Crippen LogP contribution < -0.4 is 15.0 Å². The van der Waals surface area contributed by atoms with Crippen LogP contribution in [0.4, 0.5) is 15.8 Å². The number of aromatic nitrogens is 1. The van der Waals surface area contributed by atoms with E-state index in [-0.39, 0.29) is 45.9 Å². The number of ether oxygens (including phenoxy) is 1. The number of carbonyl (C=O) groups excluding carboxylic acids is 2. The third-order valence-corrected chi connectivity index (χ3v) is 8.23. The summed E-state index contributed by atoms with van der Waals surface area (Å²) in [6, 6.07) is 18.9. The van der Waals surface area contributed by atoms with Crippen LogP contribution in [-0.4, -0.2) is 28.9 Å². The standard InChI is InChI=1S/C32H28FN3O4.C8H12/c1-32(2)16-24-28(27(38)17-32)30(20-13-12-19(40-3)15-21(20)33)36(25-9-6-10-26(37)29(25)35-24)31(39)23-14-11-18-7-4-5-8-22(18)34-23;1-4-5-6-7-8(2)3/h4-15,30,35,37H,16-17H2,1-3H3;4-7H,2H2,1,3H3/b;5-4-,7-6-. The Morgan fingerprint density at radius 1 is 1.08 bits per heavy atom. The van der Waals surface area contributed by atoms with Gasteiger partial charge in [-0.1, -0.05) is 80.6 Å². The Labute approximate surface area is 280 Å². The van der Waals surface area contributed by atoms with Crippen LogP contribution in [0.3, 0.4) is 0 Å². The Morgan fingerprint density at radius 2 is 1.85 bits per heavy atom. The van der Waals surface area contributed by atoms with E-state index >= 15 is 4.39 Å². The van der Waals surface area contributed by atoms with Crippen LogP contribution in [0.2, 0.25) is 0 Å². The minimum Gasteiger partial charge on any atom is -0.506 e. The molecule has 0 bridgehead atoms. The van der Waals surface area contributed by atoms with E-state index in [0.29, 0.717) is 29.1 Å². The number of aromatic hydroxyl groups is 1. The van der Waals surface area contributed by atoms with Crippen LogP contribution in [0.25, 0.3) is 10.9 Å². The number of phenolic OH excluding ortho intramolecular Hbond substituents is 1. The van der Waals surface area contributed by atoms with Gasteiger partial charge in [-0.25, -0.2) is 9.37 Å². The van der Waals surface area contributed by atoms with Crippen LogP contribution in [-0.2, 0) is 4.79 Å². The first kappa shape index (κ1) is 33.9. The number of methoxy groups -OCH3 is 1. The lowest BCUT2D eigenvalue weighted by molar-refractivity contribution is -0.118. The maximum absolute atomic E-state index is 15.9. The average molecular weight is 646 g/mol. The van der Waals surface area contributed by atoms with Gasteiger partial charge in [-0.05, 0) is 62.1 Å². The van der Waals surface area contributed by atoms with Crippen molar-refractivity contribution >= 4 is 34.0 Å². The van der Waals surface area contributed by atoms with E-state index < -0.39 is 17.8 Å². The Morgan fingerprint density at radius 3 is 2.56 bits per heavy atom. The summed E-state index contributed by atoms with van der Waals surface area (Å²) in [4.78, 5) is 34.3. The number of amides is 1. The van der Waals surface area contributed by atoms with Gasteiger partial charge in [-0.3, -0.25) is 14.5 Å². The predicted octanol–water partition coefficient (Wildman–Crippen LogP) is 9.24. The summed E-state index contributed by atoms with van der Waals surface area (Å²) in [6.45, 7) is 11.6. The van der Waals surface area contributed by atoms with Crippen molar-refractivity contribution < 1.29 is 23.8 Å². The number of Topliss-reactive ketones (excluding diaryl/α,β-unsaturated/α-hetero) is 1. The van der Waals surface area contributed by atoms with E-state index in [1.807, 2.05) is 76.3 Å². The molecule has 0 saturated carbocycles. The number of phenols is 1. The summed E-state index contributed by atoms with van der Waals surface area (Å²) >= 11 is 0. The Kier molecular flexibility index (Phi) is 9.94. The van der Waals surface area contributed by atoms with Gasteiger partial charge >= 0.3 is 0 Å². The lowest BCUT2D eigenvalue weighted by atomic mass is 9.73. The van der Waals surface area contributed by atoms with Crippen molar-refractivity contribution in [1.29, 1.82) is 0 Å². The highest BCUT2D eigenvalue weighted by molar-refractivity contribution is 6.12. The zero-order chi connectivity index (χ0) is 34.6. The Bertz CT molecular complexity index is 1990. The molecule has 2 N–H and O–H groups in total. The molecule has 3 aromatic carbocycles. The van der Waals surface area contributed by atoms with Crippen molar-refractivity contribution in [2.75, 3.05) is 17.3 Å². The lowest BCUT2D eigenvalue weighted by Crippen LogP contribution is -2.40. The summed E-state index contributed by atoms with van der Waals surface area (Å²) < 4.78 is 21.1. The second-order valence-electron chi connectivity index (χ2n) is 12.7. The highest BCUT2D eigenvalue weighted by Gasteiger charge is 2.45. The largest absolute Gasteiger partial charge is 0.506 e. The van der Waals surface area contributed by atoms with Crippen molar-refractivity contribution in [2.45, 2.75) is 46.6 Å². The van der Waals surface area contributed by atoms with Crippen molar-refractivity contribution in [3.63, 3.8) is 0 Å². The summed E-state index contributed by atoms with van der Waals surface area (Å²) in [5.74, 6) is -1.14. The van der Waals surface area contributed by atoms with Crippen LogP contribution in [0.5, 0.6) is 11.5 Å². The van der Waals surface area contributed by atoms with E-state index in [0.717, 1.165) is 11.0 Å². The highest BCUT2D eigenvalue weighted by Crippen LogP contribution is 2.51. The fourth-order valence-electron chi connectivity index (χ4n) is 6.06. The number of rotatable bonds is 5. The van der Waals surface area contributed by atoms with Gasteiger partial charge in [-0.15, -0.1) is 0 Å². The number of nitrogens with zero attached hydrogens (tertiary/aromatic N) is 2. The van der Waals surface area contributed by atoms with Gasteiger partial charge in [0.2, 0.25) is 0 Å². The summed E-state index contributed by atoms with van der Waals surface area (Å²) in [7, 11) is 1.44. The number of pyridine rings is 1. The molecule has 0 fully saturated rings. The number of fused-ring (bicyclic) bond motifs is 2. The van der Waals surface area contributed by atoms with E-state index in [4.69, 9.17) is 4.74 Å². The molecule has 1 amide bonds. The van der Waals surface area contributed by atoms with E-state index in [1.165, 1.54) is 24.1 Å². The molecule has 1 aromatic heterocycles. The molecule has 2 heterocycles. The number of para-hydroxylation sites is 2. The molecule has 4 aromatic rings. The topological polar surface area (TPSA) is 91.8 Å². The molecule has 48 heavy (non-hydrogen) atoms. The molecule has 6 rings (SSSR count). The quantitative estimate of drug-likeness (QED) is 0.166. The summed E-state index contributed by atoms with van der Waals surface area (Å²) in [6.07, 6.45) is 8.60. The minimum absolute atomic E-state index is 0.0969. The number of carbonyl (C=O) groups is 2. The fourth-order valence-corrected chi connectivity index (χ4v) is 6.06. The SMILES string of the molecule is C=C(C)/C=C\C=C/C.COc1ccc(C2C3=C(CC(C)(C)CC3=O)Nc3c(O)cccc3N2C(=O)c2ccc3ccccc3n2)c(F)c1. The number of ketones is 1. The van der Waals surface area contributed by atoms with Gasteiger partial charge in [-0.2, -0.15) is 0 Å². The van der Waals surface area contributed by atoms with Crippen molar-refractivity contribution in [3.8, 4) is 11.5 Å². The first-order chi connectivity index (χ1) is 22.9. The second-order valence-corrected chi connectivity index (χ2v) is 12.7. The van der Waals surface area contributed by atoms with Gasteiger partial charge in [0.05, 0.1) is 24.4 Å². The fraction of sp³-hybridized carbons (Fsp3) is 0.225. The number of allylic oxidation sites excluding steroid dienone is 6. The highest BCUT2D eigenvalue weighted by atomic mass is 19.1. The van der Waals surface area contributed by atoms with Gasteiger partial charge < -0.3 is 15.2 Å². The molecule has 1 unspecified atom stereocenters. The number of benzene rings is 3. The van der Waals surface area contributed by atoms with E-state index in [9.17, 15) is 14.7 Å². The third-order valence-electron chi connectivity index (χ3n) is 8.23. The monoisotopic (exact) mass is 645 g/mol. The smallest absolute Gasteiger partial charge is 0.277 e. The molecule has 2 aliphatic rings. The second kappa shape index (κ2) is 14.1. The molecule has 1 atom stereocenters. The van der Waals surface area contributed by atoms with Gasteiger partial charge in [0.25, 0.3) is 5.91 Å². The number of hydrogen-bond donors (Lipinski definition) is 2. The van der Waals surface area contributed by atoms with Crippen molar-refractivity contribution in [2.24, 2.45) is 5.41 Å². The summed E-state index contributed by atoms with van der Waals surface area (Å²) in [5.41, 5.74) is 3.00. The molecular weight excluding hydrogens is 605 g/mol. The first-order valence-corrected chi connectivity index (χ1v) is 15.8. The number of anilines is 2. The predicted molar refractivity (Wildman–Crippen MR) is 190 cm³/mol. The Hall–Kier alpha value is -5.50. The molecular formula is C40H40FN3O4. The first-order valence-electron chi connectivity index (χ1n) is 15.8. The third kappa shape index (κ3) is 7.08. The average Bonchev–Trinajstić information content (AvgIpc) is 3.19. The van der Waals surface area contributed by atoms with E-state index in [1.54, 1.807) is 36.4 Å². The van der Waals surface area contributed by atoms with E-state index in [2.05, 4.69) is 16.9 Å². The minimum atomic E-state index is -1.12. The maximum Gasteiger partial charge on any atom is 0.277 e. The molecule has 0 radical (unpaired) electrons. The zero-order valence-corrected chi connectivity index (χ0v) is 27.9. The molecule has 0 saturated heterocycles. The zero-order valence-electron chi connectivity index (χ0n) is 27.9. The molecule has 1 aliphatic heterocycles. The lowest BCUT2D eigenvalue weighted by Gasteiger charge is -2.37. The maximum atomic E-state index is 15.9. The van der Waals surface area contributed by atoms with Crippen LogP contribution in [0.15, 0.2) is 121 Å². The van der Waals surface area contributed by atoms with Gasteiger partial charge in [0.15, 0.2) is 5.78 Å². The molecule has 8 heteroatoms. The van der Waals surface area contributed by atoms with Gasteiger partial charge in [0.1, 0.15) is 28.7 Å². The normalized spacial score (nSPS) is 16.9. The van der Waals surface area contributed by atoms with Gasteiger partial charge in [0, 0.05) is 34.7 Å². The van der Waals surface area contributed by atoms with Crippen molar-refractivity contribution in [3.05, 3.63) is 138 Å². The van der Waals surface area contributed by atoms with Crippen molar-refractivity contribution in [1.82, 2.24) is 4.98 Å². The summed E-state index contributed by atoms with van der Waals surface area (Å²) in [5, 5.41) is 15.1. The molecule has 1 aliphatic carbocycles. The number of hydrogen-bond acceptors (Lipinski definition) is 6. The van der Waals surface area contributed by atoms with Crippen LogP contribution >= 0.6 is 0 Å². The number of nitrogens with one attached hydrogen (secondary N) is 1. The molecule has 7 nitrogen and oxygen atoms in total. The Balaban J connectivity index is 0.000000503. The van der Waals surface area contributed by atoms with Crippen LogP contribution in [0.1, 0.15) is 62.6 Å². The molecule has 0 spiro atoms.